The first-order valence-corrected chi connectivity index (χ1v) is 6.90. The van der Waals surface area contributed by atoms with Gasteiger partial charge in [-0.2, -0.15) is 0 Å². The van der Waals surface area contributed by atoms with Crippen LogP contribution in [-0.2, 0) is 4.79 Å². The average Bonchev–Trinajstić information content (AvgIpc) is 2.17. The van der Waals surface area contributed by atoms with Gasteiger partial charge in [0.15, 0.2) is 0 Å². The summed E-state index contributed by atoms with van der Waals surface area (Å²) < 4.78 is 0. The van der Waals surface area contributed by atoms with Crippen LogP contribution in [0.4, 0.5) is 0 Å². The highest BCUT2D eigenvalue weighted by molar-refractivity contribution is 5.66. The van der Waals surface area contributed by atoms with E-state index in [2.05, 4.69) is 6.92 Å². The standard InChI is InChI=1S/C14H26O2/c1-12(10-11-14(15)16)6-3-2-4-7-13-8-5-9-13/h12-13H,2-11H2,1H3,(H,15,16). The third kappa shape index (κ3) is 6.14. The van der Waals surface area contributed by atoms with Gasteiger partial charge < -0.3 is 5.11 Å². The first kappa shape index (κ1) is 13.5. The van der Waals surface area contributed by atoms with Gasteiger partial charge in [0.25, 0.3) is 0 Å². The molecule has 1 atom stereocenters. The summed E-state index contributed by atoms with van der Waals surface area (Å²) in [6, 6.07) is 0. The van der Waals surface area contributed by atoms with Gasteiger partial charge in [-0.25, -0.2) is 0 Å². The highest BCUT2D eigenvalue weighted by atomic mass is 16.4. The van der Waals surface area contributed by atoms with Crippen LogP contribution in [0.1, 0.15) is 71.1 Å². The summed E-state index contributed by atoms with van der Waals surface area (Å²) in [4.78, 5) is 10.4. The Labute approximate surface area is 99.4 Å². The highest BCUT2D eigenvalue weighted by Gasteiger charge is 2.16. The molecular weight excluding hydrogens is 200 g/mol. The first-order chi connectivity index (χ1) is 7.68. The van der Waals surface area contributed by atoms with Gasteiger partial charge in [0.1, 0.15) is 0 Å². The molecule has 0 spiro atoms. The SMILES string of the molecule is CC(CCCCCC1CCC1)CCC(=O)O. The number of hydrogen-bond donors (Lipinski definition) is 1. The van der Waals surface area contributed by atoms with Gasteiger partial charge in [-0.15, -0.1) is 0 Å². The predicted octanol–water partition coefficient (Wildman–Crippen LogP) is 4.24. The van der Waals surface area contributed by atoms with E-state index in [0.29, 0.717) is 12.3 Å². The molecule has 0 aliphatic heterocycles. The molecule has 0 amide bonds. The molecule has 1 rings (SSSR count). The van der Waals surface area contributed by atoms with E-state index in [0.717, 1.165) is 12.3 Å². The maximum atomic E-state index is 10.4. The Hall–Kier alpha value is -0.530. The van der Waals surface area contributed by atoms with E-state index in [-0.39, 0.29) is 0 Å². The molecule has 2 heteroatoms. The Morgan fingerprint density at radius 3 is 2.56 bits per heavy atom. The van der Waals surface area contributed by atoms with Crippen molar-refractivity contribution in [1.29, 1.82) is 0 Å². The number of rotatable bonds is 9. The minimum atomic E-state index is -0.656. The molecule has 0 aromatic rings. The van der Waals surface area contributed by atoms with Crippen molar-refractivity contribution in [2.24, 2.45) is 11.8 Å². The van der Waals surface area contributed by atoms with E-state index in [1.165, 1.54) is 51.4 Å². The Bertz CT molecular complexity index is 197. The van der Waals surface area contributed by atoms with Crippen molar-refractivity contribution in [2.75, 3.05) is 0 Å². The third-order valence-electron chi connectivity index (χ3n) is 3.89. The van der Waals surface area contributed by atoms with Crippen molar-refractivity contribution in [3.05, 3.63) is 0 Å². The van der Waals surface area contributed by atoms with Crippen LogP contribution >= 0.6 is 0 Å². The van der Waals surface area contributed by atoms with E-state index in [1.807, 2.05) is 0 Å². The van der Waals surface area contributed by atoms with Crippen LogP contribution in [0, 0.1) is 11.8 Å². The normalized spacial score (nSPS) is 18.1. The molecular formula is C14H26O2. The molecule has 94 valence electrons. The fourth-order valence-electron chi connectivity index (χ4n) is 2.40. The second-order valence-corrected chi connectivity index (χ2v) is 5.47. The van der Waals surface area contributed by atoms with Crippen LogP contribution in [-0.4, -0.2) is 11.1 Å². The lowest BCUT2D eigenvalue weighted by molar-refractivity contribution is -0.137. The topological polar surface area (TPSA) is 37.3 Å². The van der Waals surface area contributed by atoms with E-state index >= 15 is 0 Å². The van der Waals surface area contributed by atoms with Gasteiger partial charge in [0.05, 0.1) is 0 Å². The summed E-state index contributed by atoms with van der Waals surface area (Å²) in [5.74, 6) is 0.973. The van der Waals surface area contributed by atoms with Gasteiger partial charge in [-0.1, -0.05) is 58.3 Å². The Kier molecular flexibility index (Phi) is 6.51. The zero-order valence-corrected chi connectivity index (χ0v) is 10.6. The van der Waals surface area contributed by atoms with Crippen molar-refractivity contribution in [1.82, 2.24) is 0 Å². The van der Waals surface area contributed by atoms with Crippen LogP contribution in [0.15, 0.2) is 0 Å². The molecule has 16 heavy (non-hydrogen) atoms. The first-order valence-electron chi connectivity index (χ1n) is 6.90. The second-order valence-electron chi connectivity index (χ2n) is 5.47. The van der Waals surface area contributed by atoms with E-state index in [1.54, 1.807) is 0 Å². The lowest BCUT2D eigenvalue weighted by Gasteiger charge is -2.25. The lowest BCUT2D eigenvalue weighted by atomic mass is 9.81. The van der Waals surface area contributed by atoms with E-state index < -0.39 is 5.97 Å². The minimum absolute atomic E-state index is 0.337. The lowest BCUT2D eigenvalue weighted by Crippen LogP contribution is -2.10. The number of carboxylic acid groups (broad SMARTS) is 1. The Morgan fingerprint density at radius 2 is 2.00 bits per heavy atom. The van der Waals surface area contributed by atoms with Crippen molar-refractivity contribution in [2.45, 2.75) is 71.1 Å². The largest absolute Gasteiger partial charge is 0.481 e. The molecule has 1 unspecified atom stereocenters. The van der Waals surface area contributed by atoms with Crippen LogP contribution in [0.5, 0.6) is 0 Å². The minimum Gasteiger partial charge on any atom is -0.481 e. The number of carbonyl (C=O) groups is 1. The van der Waals surface area contributed by atoms with Crippen LogP contribution < -0.4 is 0 Å². The summed E-state index contributed by atoms with van der Waals surface area (Å²) in [6.45, 7) is 2.18. The van der Waals surface area contributed by atoms with E-state index in [4.69, 9.17) is 5.11 Å². The van der Waals surface area contributed by atoms with Crippen LogP contribution in [0.25, 0.3) is 0 Å². The smallest absolute Gasteiger partial charge is 0.303 e. The fraction of sp³-hybridized carbons (Fsp3) is 0.929. The van der Waals surface area contributed by atoms with Crippen molar-refractivity contribution < 1.29 is 9.90 Å². The van der Waals surface area contributed by atoms with E-state index in [9.17, 15) is 4.79 Å². The maximum absolute atomic E-state index is 10.4. The zero-order valence-electron chi connectivity index (χ0n) is 10.6. The molecule has 1 N–H and O–H groups in total. The predicted molar refractivity (Wildman–Crippen MR) is 66.5 cm³/mol. The zero-order chi connectivity index (χ0) is 11.8. The molecule has 1 saturated carbocycles. The fourth-order valence-corrected chi connectivity index (χ4v) is 2.40. The highest BCUT2D eigenvalue weighted by Crippen LogP contribution is 2.31. The molecule has 0 aromatic heterocycles. The molecule has 1 fully saturated rings. The molecule has 2 nitrogen and oxygen atoms in total. The summed E-state index contributed by atoms with van der Waals surface area (Å²) >= 11 is 0. The average molecular weight is 226 g/mol. The third-order valence-corrected chi connectivity index (χ3v) is 3.89. The molecule has 0 radical (unpaired) electrons. The summed E-state index contributed by atoms with van der Waals surface area (Å²) in [5, 5.41) is 8.57. The summed E-state index contributed by atoms with van der Waals surface area (Å²) in [7, 11) is 0. The van der Waals surface area contributed by atoms with Gasteiger partial charge in [-0.05, 0) is 18.3 Å². The Morgan fingerprint density at radius 1 is 1.25 bits per heavy atom. The van der Waals surface area contributed by atoms with Crippen molar-refractivity contribution in [3.8, 4) is 0 Å². The van der Waals surface area contributed by atoms with Gasteiger partial charge in [0.2, 0.25) is 0 Å². The molecule has 1 aliphatic carbocycles. The maximum Gasteiger partial charge on any atom is 0.303 e. The van der Waals surface area contributed by atoms with Crippen LogP contribution in [0.3, 0.4) is 0 Å². The number of aliphatic carboxylic acids is 1. The van der Waals surface area contributed by atoms with Gasteiger partial charge in [-0.3, -0.25) is 4.79 Å². The molecule has 1 aliphatic rings. The quantitative estimate of drug-likeness (QED) is 0.597. The summed E-state index contributed by atoms with van der Waals surface area (Å²) in [6.07, 6.45) is 12.2. The molecule has 0 heterocycles. The number of unbranched alkanes of at least 4 members (excludes halogenated alkanes) is 2. The molecule has 0 bridgehead atoms. The molecule has 0 saturated heterocycles. The van der Waals surface area contributed by atoms with Gasteiger partial charge >= 0.3 is 5.97 Å². The molecule has 0 aromatic carbocycles. The summed E-state index contributed by atoms with van der Waals surface area (Å²) in [5.41, 5.74) is 0. The van der Waals surface area contributed by atoms with Crippen molar-refractivity contribution >= 4 is 5.97 Å². The second kappa shape index (κ2) is 7.70. The van der Waals surface area contributed by atoms with Crippen LogP contribution in [0.2, 0.25) is 0 Å². The van der Waals surface area contributed by atoms with Crippen molar-refractivity contribution in [3.63, 3.8) is 0 Å². The monoisotopic (exact) mass is 226 g/mol. The number of carboxylic acids is 1. The Balaban J connectivity index is 1.83. The van der Waals surface area contributed by atoms with Gasteiger partial charge in [0, 0.05) is 6.42 Å². The number of hydrogen-bond acceptors (Lipinski definition) is 1.